The van der Waals surface area contributed by atoms with Crippen LogP contribution in [0.2, 0.25) is 0 Å². The number of aliphatic hydroxyl groups excluding tert-OH is 1. The molecule has 3 fully saturated rings. The lowest BCUT2D eigenvalue weighted by Crippen LogP contribution is -2.42. The fourth-order valence-electron chi connectivity index (χ4n) is 4.34. The van der Waals surface area contributed by atoms with Crippen LogP contribution in [-0.2, 0) is 4.79 Å². The van der Waals surface area contributed by atoms with E-state index < -0.39 is 0 Å². The van der Waals surface area contributed by atoms with E-state index in [1.165, 1.54) is 32.1 Å². The number of nitrogens with zero attached hydrogens (tertiary/aromatic N) is 3. The van der Waals surface area contributed by atoms with Gasteiger partial charge in [-0.1, -0.05) is 19.3 Å². The van der Waals surface area contributed by atoms with Crippen LogP contribution in [-0.4, -0.2) is 50.9 Å². The third kappa shape index (κ3) is 3.35. The van der Waals surface area contributed by atoms with Crippen molar-refractivity contribution in [1.29, 1.82) is 0 Å². The average Bonchev–Trinajstić information content (AvgIpc) is 3.22. The second kappa shape index (κ2) is 6.84. The van der Waals surface area contributed by atoms with E-state index >= 15 is 0 Å². The molecule has 2 atom stereocenters. The smallest absolute Gasteiger partial charge is 0.227 e. The van der Waals surface area contributed by atoms with Crippen LogP contribution in [0.5, 0.6) is 0 Å². The van der Waals surface area contributed by atoms with E-state index in [4.69, 9.17) is 0 Å². The van der Waals surface area contributed by atoms with Crippen molar-refractivity contribution >= 4 is 11.6 Å². The molecule has 0 bridgehead atoms. The van der Waals surface area contributed by atoms with Gasteiger partial charge in [-0.25, -0.2) is 0 Å². The van der Waals surface area contributed by atoms with Crippen molar-refractivity contribution in [2.45, 2.75) is 69.5 Å². The largest absolute Gasteiger partial charge is 0.395 e. The van der Waals surface area contributed by atoms with Gasteiger partial charge >= 0.3 is 0 Å². The highest BCUT2D eigenvalue weighted by molar-refractivity contribution is 5.93. The van der Waals surface area contributed by atoms with E-state index in [-0.39, 0.29) is 30.5 Å². The summed E-state index contributed by atoms with van der Waals surface area (Å²) in [6.07, 6.45) is 13.1. The summed E-state index contributed by atoms with van der Waals surface area (Å²) in [5, 5.41) is 17.2. The molecule has 0 radical (unpaired) electrons. The van der Waals surface area contributed by atoms with Crippen LogP contribution in [0.15, 0.2) is 12.4 Å². The summed E-state index contributed by atoms with van der Waals surface area (Å²) in [7, 11) is 0. The zero-order valence-corrected chi connectivity index (χ0v) is 14.2. The number of anilines is 1. The van der Waals surface area contributed by atoms with E-state index in [0.29, 0.717) is 6.04 Å². The molecule has 2 N–H and O–H groups in total. The molecule has 0 spiro atoms. The molecule has 24 heavy (non-hydrogen) atoms. The molecule has 2 aliphatic carbocycles. The molecule has 1 aromatic rings. The number of aromatic nitrogens is 2. The molecule has 2 saturated carbocycles. The van der Waals surface area contributed by atoms with E-state index in [1.807, 2.05) is 10.9 Å². The minimum atomic E-state index is 0.123. The molecular formula is C18H28N4O2. The highest BCUT2D eigenvalue weighted by Crippen LogP contribution is 2.34. The minimum absolute atomic E-state index is 0.123. The van der Waals surface area contributed by atoms with Crippen molar-refractivity contribution in [3.63, 3.8) is 0 Å². The third-order valence-corrected chi connectivity index (χ3v) is 5.88. The van der Waals surface area contributed by atoms with Gasteiger partial charge in [-0.3, -0.25) is 14.4 Å². The molecule has 4 rings (SSSR count). The molecule has 6 heteroatoms. The zero-order valence-electron chi connectivity index (χ0n) is 14.2. The first kappa shape index (κ1) is 16.1. The molecule has 6 nitrogen and oxygen atoms in total. The number of amides is 1. The van der Waals surface area contributed by atoms with Gasteiger partial charge in [-0.2, -0.15) is 5.10 Å². The van der Waals surface area contributed by atoms with Crippen LogP contribution in [0.3, 0.4) is 0 Å². The van der Waals surface area contributed by atoms with Gasteiger partial charge in [0.05, 0.1) is 24.5 Å². The Morgan fingerprint density at radius 1 is 1.21 bits per heavy atom. The monoisotopic (exact) mass is 332 g/mol. The Labute approximate surface area is 143 Å². The van der Waals surface area contributed by atoms with Crippen LogP contribution >= 0.6 is 0 Å². The molecule has 132 valence electrons. The minimum Gasteiger partial charge on any atom is -0.395 e. The number of likely N-dealkylation sites (tertiary alicyclic amines) is 1. The van der Waals surface area contributed by atoms with Crippen molar-refractivity contribution in [2.75, 3.05) is 18.5 Å². The van der Waals surface area contributed by atoms with Crippen LogP contribution in [0.4, 0.5) is 5.69 Å². The third-order valence-electron chi connectivity index (χ3n) is 5.88. The maximum Gasteiger partial charge on any atom is 0.227 e. The summed E-state index contributed by atoms with van der Waals surface area (Å²) in [5.41, 5.74) is 0.795. The van der Waals surface area contributed by atoms with Gasteiger partial charge in [0, 0.05) is 30.7 Å². The summed E-state index contributed by atoms with van der Waals surface area (Å²) >= 11 is 0. The fourth-order valence-corrected chi connectivity index (χ4v) is 4.34. The number of nitrogens with one attached hydrogen (secondary N) is 1. The summed E-state index contributed by atoms with van der Waals surface area (Å²) in [5.74, 6) is 0.332. The van der Waals surface area contributed by atoms with Crippen LogP contribution < -0.4 is 5.32 Å². The second-order valence-corrected chi connectivity index (χ2v) is 7.69. The Balaban J connectivity index is 1.40. The fraction of sp³-hybridized carbons (Fsp3) is 0.778. The highest BCUT2D eigenvalue weighted by atomic mass is 16.3. The first-order chi connectivity index (χ1) is 11.7. The Kier molecular flexibility index (Phi) is 4.59. The van der Waals surface area contributed by atoms with Gasteiger partial charge in [-0.15, -0.1) is 0 Å². The Morgan fingerprint density at radius 3 is 2.71 bits per heavy atom. The second-order valence-electron chi connectivity index (χ2n) is 7.69. The summed E-state index contributed by atoms with van der Waals surface area (Å²) < 4.78 is 1.98. The lowest BCUT2D eigenvalue weighted by atomic mass is 9.94. The maximum absolute atomic E-state index is 11.9. The van der Waals surface area contributed by atoms with Gasteiger partial charge in [-0.05, 0) is 32.1 Å². The van der Waals surface area contributed by atoms with Gasteiger partial charge in [0.2, 0.25) is 5.91 Å². The lowest BCUT2D eigenvalue weighted by Gasteiger charge is -2.34. The summed E-state index contributed by atoms with van der Waals surface area (Å²) in [4.78, 5) is 14.4. The number of hydrogen-bond acceptors (Lipinski definition) is 4. The zero-order chi connectivity index (χ0) is 16.5. The van der Waals surface area contributed by atoms with Crippen molar-refractivity contribution in [3.8, 4) is 0 Å². The molecule has 1 aromatic heterocycles. The Morgan fingerprint density at radius 2 is 2.00 bits per heavy atom. The van der Waals surface area contributed by atoms with Gasteiger partial charge in [0.1, 0.15) is 0 Å². The maximum atomic E-state index is 11.9. The molecule has 1 amide bonds. The van der Waals surface area contributed by atoms with Crippen LogP contribution in [0.25, 0.3) is 0 Å². The van der Waals surface area contributed by atoms with E-state index in [0.717, 1.165) is 31.5 Å². The average molecular weight is 332 g/mol. The molecular weight excluding hydrogens is 304 g/mol. The Hall–Kier alpha value is -1.40. The van der Waals surface area contributed by atoms with Crippen molar-refractivity contribution < 1.29 is 9.90 Å². The Bertz CT molecular complexity index is 577. The van der Waals surface area contributed by atoms with Crippen molar-refractivity contribution in [3.05, 3.63) is 12.4 Å². The quantitative estimate of drug-likeness (QED) is 0.867. The predicted molar refractivity (Wildman–Crippen MR) is 91.7 cm³/mol. The normalized spacial score (nSPS) is 29.0. The first-order valence-electron chi connectivity index (χ1n) is 9.46. The summed E-state index contributed by atoms with van der Waals surface area (Å²) in [6, 6.07) is 1.15. The number of rotatable bonds is 5. The SMILES string of the molecule is O=C(Nc1cnn([C@H]2C[C@@H](CO)N(C3CCCCC3)C2)c1)C1CC1. The van der Waals surface area contributed by atoms with Gasteiger partial charge in [0.25, 0.3) is 0 Å². The molecule has 2 heterocycles. The number of hydrogen-bond donors (Lipinski definition) is 2. The van der Waals surface area contributed by atoms with Gasteiger partial charge < -0.3 is 10.4 Å². The van der Waals surface area contributed by atoms with Crippen molar-refractivity contribution in [2.24, 2.45) is 5.92 Å². The van der Waals surface area contributed by atoms with Crippen LogP contribution in [0.1, 0.15) is 57.4 Å². The molecule has 1 aliphatic heterocycles. The van der Waals surface area contributed by atoms with Crippen LogP contribution in [0, 0.1) is 5.92 Å². The van der Waals surface area contributed by atoms with E-state index in [2.05, 4.69) is 15.3 Å². The van der Waals surface area contributed by atoms with E-state index in [9.17, 15) is 9.90 Å². The highest BCUT2D eigenvalue weighted by Gasteiger charge is 2.37. The molecule has 0 aromatic carbocycles. The number of carbonyl (C=O) groups is 1. The molecule has 1 saturated heterocycles. The molecule has 3 aliphatic rings. The van der Waals surface area contributed by atoms with E-state index in [1.54, 1.807) is 6.20 Å². The summed E-state index contributed by atoms with van der Waals surface area (Å²) in [6.45, 7) is 1.17. The lowest BCUT2D eigenvalue weighted by molar-refractivity contribution is -0.117. The number of carbonyl (C=O) groups excluding carboxylic acids is 1. The van der Waals surface area contributed by atoms with Crippen molar-refractivity contribution in [1.82, 2.24) is 14.7 Å². The number of aliphatic hydroxyl groups is 1. The predicted octanol–water partition coefficient (Wildman–Crippen LogP) is 2.17. The first-order valence-corrected chi connectivity index (χ1v) is 9.46. The standard InChI is InChI=1S/C18H28N4O2/c23-12-17-8-16(11-21(17)15-4-2-1-3-5-15)22-10-14(9-19-22)20-18(24)13-6-7-13/h9-10,13,15-17,23H,1-8,11-12H2,(H,20,24)/t16-,17-/m0/s1. The molecule has 0 unspecified atom stereocenters. The van der Waals surface area contributed by atoms with Gasteiger partial charge in [0.15, 0.2) is 0 Å². The topological polar surface area (TPSA) is 70.4 Å².